The van der Waals surface area contributed by atoms with Gasteiger partial charge in [0.1, 0.15) is 30.4 Å². The molecular formula is C15H21N7O7. The van der Waals surface area contributed by atoms with Gasteiger partial charge in [0.05, 0.1) is 18.8 Å². The van der Waals surface area contributed by atoms with Crippen LogP contribution in [-0.4, -0.2) is 88.2 Å². The maximum atomic E-state index is 13.0. The van der Waals surface area contributed by atoms with E-state index in [1.54, 1.807) is 0 Å². The summed E-state index contributed by atoms with van der Waals surface area (Å²) in [5, 5.41) is 41.3. The number of imidazole rings is 1. The van der Waals surface area contributed by atoms with Crippen LogP contribution >= 0.6 is 0 Å². The molecule has 2 aromatic rings. The van der Waals surface area contributed by atoms with Crippen molar-refractivity contribution in [2.45, 2.75) is 42.6 Å². The van der Waals surface area contributed by atoms with Crippen molar-refractivity contribution in [1.29, 1.82) is 0 Å². The number of fused-ring (bicyclic) bond motifs is 1. The highest BCUT2D eigenvalue weighted by molar-refractivity contribution is 6.01. The summed E-state index contributed by atoms with van der Waals surface area (Å²) in [4.78, 5) is 37.3. The number of primary amides is 1. The van der Waals surface area contributed by atoms with Gasteiger partial charge in [-0.2, -0.15) is 0 Å². The zero-order valence-corrected chi connectivity index (χ0v) is 15.2. The van der Waals surface area contributed by atoms with E-state index < -0.39 is 54.0 Å². The Labute approximate surface area is 162 Å². The van der Waals surface area contributed by atoms with Crippen molar-refractivity contribution in [3.8, 4) is 0 Å². The lowest BCUT2D eigenvalue weighted by Crippen LogP contribution is -2.71. The van der Waals surface area contributed by atoms with Crippen LogP contribution in [-0.2, 0) is 20.1 Å². The smallest absolute Gasteiger partial charge is 0.275 e. The molecule has 0 spiro atoms. The molecule has 1 amide bonds. The Hall–Kier alpha value is -2.75. The number of hydrogen-bond acceptors (Lipinski definition) is 12. The molecule has 158 valence electrons. The van der Waals surface area contributed by atoms with E-state index in [9.17, 15) is 30.0 Å². The molecule has 14 nitrogen and oxygen atoms in total. The van der Waals surface area contributed by atoms with Crippen LogP contribution in [0.25, 0.3) is 11.2 Å². The molecule has 1 aliphatic rings. The number of nitrogens with two attached hydrogens (primary N) is 3. The van der Waals surface area contributed by atoms with Gasteiger partial charge in [-0.3, -0.25) is 14.2 Å². The lowest BCUT2D eigenvalue weighted by atomic mass is 9.77. The van der Waals surface area contributed by atoms with Crippen molar-refractivity contribution < 1.29 is 34.8 Å². The molecule has 29 heavy (non-hydrogen) atoms. The minimum Gasteiger partial charge on any atom is -0.394 e. The van der Waals surface area contributed by atoms with Gasteiger partial charge in [0.15, 0.2) is 17.2 Å². The SMILES string of the molecule is CC(O)C(N)C(=O)C1(O)C(O)C(CO)OC1(C(N)=O)n1cnc2c(N)ncnc21. The molecule has 0 aromatic carbocycles. The monoisotopic (exact) mass is 411 g/mol. The van der Waals surface area contributed by atoms with Crippen molar-refractivity contribution in [2.24, 2.45) is 11.5 Å². The molecule has 3 heterocycles. The molecule has 6 unspecified atom stereocenters. The quantitative estimate of drug-likeness (QED) is 0.237. The number of anilines is 1. The fourth-order valence-corrected chi connectivity index (χ4v) is 3.45. The van der Waals surface area contributed by atoms with Gasteiger partial charge >= 0.3 is 0 Å². The number of nitrogens with zero attached hydrogens (tertiary/aromatic N) is 4. The second-order valence-corrected chi connectivity index (χ2v) is 6.73. The highest BCUT2D eigenvalue weighted by Gasteiger charge is 2.74. The average molecular weight is 411 g/mol. The van der Waals surface area contributed by atoms with E-state index in [1.807, 2.05) is 0 Å². The van der Waals surface area contributed by atoms with Crippen LogP contribution in [0.2, 0.25) is 0 Å². The molecule has 0 aliphatic carbocycles. The van der Waals surface area contributed by atoms with E-state index in [0.29, 0.717) is 0 Å². The van der Waals surface area contributed by atoms with Gasteiger partial charge in [0.25, 0.3) is 11.6 Å². The third-order valence-electron chi connectivity index (χ3n) is 5.03. The maximum Gasteiger partial charge on any atom is 0.275 e. The highest BCUT2D eigenvalue weighted by atomic mass is 16.6. The molecule has 2 aromatic heterocycles. The molecule has 14 heteroatoms. The Bertz CT molecular complexity index is 966. The van der Waals surface area contributed by atoms with Gasteiger partial charge in [0.2, 0.25) is 5.60 Å². The first kappa shape index (κ1) is 21.0. The van der Waals surface area contributed by atoms with E-state index in [0.717, 1.165) is 17.2 Å². The summed E-state index contributed by atoms with van der Waals surface area (Å²) in [6.07, 6.45) is -3.24. The van der Waals surface area contributed by atoms with Gasteiger partial charge in [-0.15, -0.1) is 0 Å². The minimum atomic E-state index is -3.12. The molecule has 0 bridgehead atoms. The number of ether oxygens (including phenoxy) is 1. The minimum absolute atomic E-state index is 0.00622. The third kappa shape index (κ3) is 2.61. The number of aliphatic hydroxyl groups excluding tert-OH is 3. The van der Waals surface area contributed by atoms with Crippen molar-refractivity contribution in [3.05, 3.63) is 12.7 Å². The van der Waals surface area contributed by atoms with Crippen molar-refractivity contribution >= 4 is 28.7 Å². The molecule has 1 aliphatic heterocycles. The van der Waals surface area contributed by atoms with Crippen molar-refractivity contribution in [2.75, 3.05) is 12.3 Å². The zero-order valence-electron chi connectivity index (χ0n) is 15.2. The van der Waals surface area contributed by atoms with Gasteiger partial charge in [0, 0.05) is 0 Å². The first-order valence-electron chi connectivity index (χ1n) is 8.45. The largest absolute Gasteiger partial charge is 0.394 e. The first-order valence-corrected chi connectivity index (χ1v) is 8.45. The molecule has 1 saturated heterocycles. The Morgan fingerprint density at radius 2 is 2.03 bits per heavy atom. The number of rotatable bonds is 6. The maximum absolute atomic E-state index is 13.0. The number of carbonyl (C=O) groups excluding carboxylic acids is 2. The van der Waals surface area contributed by atoms with Crippen LogP contribution in [0.1, 0.15) is 6.92 Å². The number of amides is 1. The van der Waals surface area contributed by atoms with Crippen LogP contribution < -0.4 is 17.2 Å². The Balaban J connectivity index is 2.36. The van der Waals surface area contributed by atoms with Gasteiger partial charge in [-0.1, -0.05) is 0 Å². The molecule has 0 saturated carbocycles. The van der Waals surface area contributed by atoms with Crippen LogP contribution in [0.5, 0.6) is 0 Å². The summed E-state index contributed by atoms with van der Waals surface area (Å²) in [7, 11) is 0. The standard InChI is InChI=1S/C15H21N7O7/c1-5(24)7(16)10(26)14(28)9(25)6(2-23)29-15(14,13(18)27)22-4-21-8-11(17)19-3-20-12(8)22/h3-7,9,23-25,28H,2,16H2,1H3,(H2,18,27)(H2,17,19,20). The van der Waals surface area contributed by atoms with Gasteiger partial charge < -0.3 is 42.4 Å². The van der Waals surface area contributed by atoms with Crippen LogP contribution in [0, 0.1) is 0 Å². The Morgan fingerprint density at radius 3 is 2.59 bits per heavy atom. The molecule has 10 N–H and O–H groups in total. The number of ketones is 1. The average Bonchev–Trinajstić information content (AvgIpc) is 3.20. The fraction of sp³-hybridized carbons (Fsp3) is 0.533. The third-order valence-corrected chi connectivity index (χ3v) is 5.03. The van der Waals surface area contributed by atoms with E-state index in [4.69, 9.17) is 21.9 Å². The summed E-state index contributed by atoms with van der Waals surface area (Å²) in [6.45, 7) is 0.281. The van der Waals surface area contributed by atoms with E-state index in [1.165, 1.54) is 6.92 Å². The van der Waals surface area contributed by atoms with Crippen molar-refractivity contribution in [1.82, 2.24) is 19.5 Å². The number of Topliss-reactive ketones (excluding diaryl/α,β-unsaturated/α-hetero) is 1. The molecular weight excluding hydrogens is 390 g/mol. The van der Waals surface area contributed by atoms with Crippen LogP contribution in [0.4, 0.5) is 5.82 Å². The van der Waals surface area contributed by atoms with E-state index >= 15 is 0 Å². The second kappa shape index (κ2) is 6.94. The van der Waals surface area contributed by atoms with Crippen LogP contribution in [0.3, 0.4) is 0 Å². The normalized spacial score (nSPS) is 31.7. The second-order valence-electron chi connectivity index (χ2n) is 6.73. The Morgan fingerprint density at radius 1 is 1.38 bits per heavy atom. The molecule has 0 radical (unpaired) electrons. The summed E-state index contributed by atoms with van der Waals surface area (Å²) in [6, 6.07) is -1.73. The molecule has 1 fully saturated rings. The summed E-state index contributed by atoms with van der Waals surface area (Å²) in [5.74, 6) is -2.85. The summed E-state index contributed by atoms with van der Waals surface area (Å²) in [5.41, 5.74) is 10.8. The van der Waals surface area contributed by atoms with E-state index in [-0.39, 0.29) is 17.0 Å². The van der Waals surface area contributed by atoms with E-state index in [2.05, 4.69) is 15.0 Å². The Kier molecular flexibility index (Phi) is 5.02. The predicted molar refractivity (Wildman–Crippen MR) is 94.5 cm³/mol. The highest BCUT2D eigenvalue weighted by Crippen LogP contribution is 2.46. The van der Waals surface area contributed by atoms with Crippen LogP contribution in [0.15, 0.2) is 12.7 Å². The molecule has 3 rings (SSSR count). The summed E-state index contributed by atoms with van der Waals surface area (Å²) >= 11 is 0. The number of nitrogen functional groups attached to an aromatic ring is 1. The topological polar surface area (TPSA) is 246 Å². The predicted octanol–water partition coefficient (Wildman–Crippen LogP) is -4.69. The first-order chi connectivity index (χ1) is 13.5. The number of carbonyl (C=O) groups is 2. The number of hydrogen-bond donors (Lipinski definition) is 7. The zero-order chi connectivity index (χ0) is 21.7. The summed E-state index contributed by atoms with van der Waals surface area (Å²) < 4.78 is 6.28. The lowest BCUT2D eigenvalue weighted by molar-refractivity contribution is -0.202. The van der Waals surface area contributed by atoms with Gasteiger partial charge in [-0.05, 0) is 6.92 Å². The van der Waals surface area contributed by atoms with Gasteiger partial charge in [-0.25, -0.2) is 15.0 Å². The number of aliphatic hydroxyl groups is 4. The lowest BCUT2D eigenvalue weighted by Gasteiger charge is -2.40. The molecule has 6 atom stereocenters. The fourth-order valence-electron chi connectivity index (χ4n) is 3.45. The van der Waals surface area contributed by atoms with Crippen molar-refractivity contribution in [3.63, 3.8) is 0 Å². The number of aromatic nitrogens is 4.